The third kappa shape index (κ3) is 4.17. The summed E-state index contributed by atoms with van der Waals surface area (Å²) in [5.74, 6) is -1.75. The van der Waals surface area contributed by atoms with Gasteiger partial charge in [0, 0.05) is 12.0 Å². The van der Waals surface area contributed by atoms with Gasteiger partial charge in [-0.3, -0.25) is 9.59 Å². The van der Waals surface area contributed by atoms with Gasteiger partial charge in [-0.05, 0) is 26.7 Å². The largest absolute Gasteiger partial charge is 0.469 e. The molecule has 2 unspecified atom stereocenters. The predicted molar refractivity (Wildman–Crippen MR) is 73.1 cm³/mol. The van der Waals surface area contributed by atoms with E-state index in [0.717, 1.165) is 0 Å². The van der Waals surface area contributed by atoms with E-state index in [1.54, 1.807) is 13.8 Å². The molecule has 1 rings (SSSR count). The van der Waals surface area contributed by atoms with Crippen LogP contribution in [0.1, 0.15) is 39.5 Å². The Bertz CT molecular complexity index is 486. The summed E-state index contributed by atoms with van der Waals surface area (Å²) in [4.78, 5) is 22.6. The van der Waals surface area contributed by atoms with Crippen LogP contribution in [0.25, 0.3) is 0 Å². The molecule has 7 nitrogen and oxygen atoms in total. The smallest absolute Gasteiger partial charge is 0.310 e. The number of methoxy groups -OCH3 is 1. The number of carbonyl (C=O) groups is 2. The normalized spacial score (nSPS) is 23.6. The fourth-order valence-corrected chi connectivity index (χ4v) is 4.80. The second kappa shape index (κ2) is 6.09. The summed E-state index contributed by atoms with van der Waals surface area (Å²) in [6.45, 7) is 3.16. The van der Waals surface area contributed by atoms with Gasteiger partial charge in [0.2, 0.25) is 15.9 Å². The average molecular weight is 306 g/mol. The van der Waals surface area contributed by atoms with E-state index in [4.69, 9.17) is 5.73 Å². The van der Waals surface area contributed by atoms with E-state index < -0.39 is 38.6 Å². The van der Waals surface area contributed by atoms with Crippen molar-refractivity contribution in [3.63, 3.8) is 0 Å². The van der Waals surface area contributed by atoms with Crippen molar-refractivity contribution in [1.29, 1.82) is 0 Å². The molecule has 0 radical (unpaired) electrons. The van der Waals surface area contributed by atoms with Gasteiger partial charge in [-0.25, -0.2) is 13.1 Å². The van der Waals surface area contributed by atoms with Crippen molar-refractivity contribution in [2.45, 2.75) is 50.3 Å². The van der Waals surface area contributed by atoms with Crippen LogP contribution in [0.5, 0.6) is 0 Å². The Labute approximate surface area is 119 Å². The molecule has 1 aliphatic carbocycles. The molecule has 0 aromatic carbocycles. The second-order valence-corrected chi connectivity index (χ2v) is 7.67. The topological polar surface area (TPSA) is 116 Å². The van der Waals surface area contributed by atoms with Gasteiger partial charge in [0.1, 0.15) is 0 Å². The SMILES string of the molecule is COC(=O)C1CCCC1S(=O)(=O)NC(C)(C)CC(N)=O. The zero-order valence-corrected chi connectivity index (χ0v) is 12.8. The number of ether oxygens (including phenoxy) is 1. The van der Waals surface area contributed by atoms with E-state index >= 15 is 0 Å². The number of hydrogen-bond donors (Lipinski definition) is 2. The van der Waals surface area contributed by atoms with Gasteiger partial charge in [-0.2, -0.15) is 0 Å². The number of nitrogens with one attached hydrogen (secondary N) is 1. The molecule has 8 heteroatoms. The van der Waals surface area contributed by atoms with Gasteiger partial charge >= 0.3 is 5.97 Å². The summed E-state index contributed by atoms with van der Waals surface area (Å²) in [6, 6.07) is 0. The van der Waals surface area contributed by atoms with Gasteiger partial charge < -0.3 is 10.5 Å². The molecule has 1 fully saturated rings. The molecular weight excluding hydrogens is 284 g/mol. The molecule has 0 aromatic rings. The lowest BCUT2D eigenvalue weighted by atomic mass is 10.0. The Morgan fingerprint density at radius 1 is 1.35 bits per heavy atom. The van der Waals surface area contributed by atoms with Crippen molar-refractivity contribution in [1.82, 2.24) is 4.72 Å². The lowest BCUT2D eigenvalue weighted by Crippen LogP contribution is -2.50. The van der Waals surface area contributed by atoms with E-state index in [1.807, 2.05) is 0 Å². The molecule has 0 bridgehead atoms. The van der Waals surface area contributed by atoms with Gasteiger partial charge in [0.25, 0.3) is 0 Å². The lowest BCUT2D eigenvalue weighted by molar-refractivity contribution is -0.145. The maximum atomic E-state index is 12.4. The Morgan fingerprint density at radius 2 is 1.95 bits per heavy atom. The summed E-state index contributed by atoms with van der Waals surface area (Å²) < 4.78 is 31.9. The standard InChI is InChI=1S/C12H22N2O5S/c1-12(2,7-10(13)15)14-20(17,18)9-6-4-5-8(9)11(16)19-3/h8-9,14H,4-7H2,1-3H3,(H2,13,15). The Hall–Kier alpha value is -1.15. The van der Waals surface area contributed by atoms with Gasteiger partial charge in [-0.1, -0.05) is 6.42 Å². The van der Waals surface area contributed by atoms with Gasteiger partial charge in [0.15, 0.2) is 0 Å². The van der Waals surface area contributed by atoms with Crippen LogP contribution in [0.4, 0.5) is 0 Å². The zero-order valence-electron chi connectivity index (χ0n) is 12.0. The van der Waals surface area contributed by atoms with Crippen molar-refractivity contribution >= 4 is 21.9 Å². The molecule has 3 N–H and O–H groups in total. The maximum Gasteiger partial charge on any atom is 0.310 e. The first-order chi connectivity index (χ1) is 9.09. The van der Waals surface area contributed by atoms with E-state index in [2.05, 4.69) is 9.46 Å². The number of esters is 1. The molecule has 0 aromatic heterocycles. The Morgan fingerprint density at radius 3 is 2.45 bits per heavy atom. The third-order valence-corrected chi connectivity index (χ3v) is 5.59. The molecule has 116 valence electrons. The van der Waals surface area contributed by atoms with Crippen molar-refractivity contribution in [3.05, 3.63) is 0 Å². The number of rotatable bonds is 6. The van der Waals surface area contributed by atoms with Crippen LogP contribution in [0.3, 0.4) is 0 Å². The van der Waals surface area contributed by atoms with Crippen LogP contribution in [0.15, 0.2) is 0 Å². The highest BCUT2D eigenvalue weighted by Gasteiger charge is 2.44. The van der Waals surface area contributed by atoms with Crippen molar-refractivity contribution in [3.8, 4) is 0 Å². The third-order valence-electron chi connectivity index (χ3n) is 3.39. The van der Waals surface area contributed by atoms with Crippen molar-refractivity contribution in [2.24, 2.45) is 11.7 Å². The van der Waals surface area contributed by atoms with Crippen LogP contribution in [0, 0.1) is 5.92 Å². The van der Waals surface area contributed by atoms with Crippen LogP contribution in [-0.4, -0.2) is 38.2 Å². The van der Waals surface area contributed by atoms with Gasteiger partial charge in [-0.15, -0.1) is 0 Å². The number of carbonyl (C=O) groups excluding carboxylic acids is 2. The minimum atomic E-state index is -3.73. The quantitative estimate of drug-likeness (QED) is 0.665. The average Bonchev–Trinajstić information content (AvgIpc) is 2.73. The number of hydrogen-bond acceptors (Lipinski definition) is 5. The Kier molecular flexibility index (Phi) is 5.15. The fourth-order valence-electron chi connectivity index (χ4n) is 2.65. The van der Waals surface area contributed by atoms with Gasteiger partial charge in [0.05, 0.1) is 18.3 Å². The number of sulfonamides is 1. The minimum Gasteiger partial charge on any atom is -0.469 e. The molecule has 0 saturated heterocycles. The molecule has 1 saturated carbocycles. The highest BCUT2D eigenvalue weighted by Crippen LogP contribution is 2.32. The second-order valence-electron chi connectivity index (χ2n) is 5.77. The summed E-state index contributed by atoms with van der Waals surface area (Å²) in [5, 5.41) is -0.817. The first kappa shape index (κ1) is 16.9. The van der Waals surface area contributed by atoms with Crippen molar-refractivity contribution in [2.75, 3.05) is 7.11 Å². The fraction of sp³-hybridized carbons (Fsp3) is 0.833. The summed E-state index contributed by atoms with van der Waals surface area (Å²) in [6.07, 6.45) is 1.44. The maximum absolute atomic E-state index is 12.4. The number of primary amides is 1. The first-order valence-electron chi connectivity index (χ1n) is 6.48. The van der Waals surface area contributed by atoms with E-state index in [0.29, 0.717) is 19.3 Å². The van der Waals surface area contributed by atoms with Crippen LogP contribution in [-0.2, 0) is 24.3 Å². The van der Waals surface area contributed by atoms with Crippen molar-refractivity contribution < 1.29 is 22.7 Å². The molecule has 0 aliphatic heterocycles. The highest BCUT2D eigenvalue weighted by atomic mass is 32.2. The number of nitrogens with two attached hydrogens (primary N) is 1. The molecule has 0 spiro atoms. The summed E-state index contributed by atoms with van der Waals surface area (Å²) >= 11 is 0. The molecule has 20 heavy (non-hydrogen) atoms. The molecule has 0 heterocycles. The molecular formula is C12H22N2O5S. The summed E-state index contributed by atoms with van der Waals surface area (Å²) in [5.41, 5.74) is 4.12. The minimum absolute atomic E-state index is 0.109. The molecule has 1 amide bonds. The predicted octanol–water partition coefficient (Wildman–Crippen LogP) is -0.0985. The lowest BCUT2D eigenvalue weighted by Gasteiger charge is -2.28. The highest BCUT2D eigenvalue weighted by molar-refractivity contribution is 7.90. The first-order valence-corrected chi connectivity index (χ1v) is 8.02. The molecule has 2 atom stereocenters. The van der Waals surface area contributed by atoms with E-state index in [1.165, 1.54) is 7.11 Å². The van der Waals surface area contributed by atoms with Crippen LogP contribution in [0.2, 0.25) is 0 Å². The van der Waals surface area contributed by atoms with Crippen LogP contribution >= 0.6 is 0 Å². The monoisotopic (exact) mass is 306 g/mol. The van der Waals surface area contributed by atoms with E-state index in [9.17, 15) is 18.0 Å². The van der Waals surface area contributed by atoms with E-state index in [-0.39, 0.29) is 6.42 Å². The Balaban J connectivity index is 2.88. The van der Waals surface area contributed by atoms with Crippen LogP contribution < -0.4 is 10.5 Å². The molecule has 1 aliphatic rings. The number of amides is 1. The summed E-state index contributed by atoms with van der Waals surface area (Å²) in [7, 11) is -2.48. The zero-order chi connectivity index (χ0) is 15.6.